The number of hydrogen-bond acceptors (Lipinski definition) is 3. The molecule has 1 saturated carbocycles. The standard InChI is InChI=1S/C16H19F3N4Se/c1-10-14(24-16(17,18)19)12-4-3-5-13(23(12)21-10)20-15-6-7-22(2)9-11(15)8-15/h3-5,11,20H,6-9H2,1-2H3. The van der Waals surface area contributed by atoms with Crippen LogP contribution in [0.3, 0.4) is 0 Å². The molecular weight excluding hydrogens is 384 g/mol. The van der Waals surface area contributed by atoms with Crippen molar-refractivity contribution >= 4 is 30.8 Å². The molecule has 0 amide bonds. The molecule has 1 N–H and O–H groups in total. The Morgan fingerprint density at radius 3 is 2.88 bits per heavy atom. The third kappa shape index (κ3) is 2.80. The summed E-state index contributed by atoms with van der Waals surface area (Å²) in [5, 5.41) is 3.82. The van der Waals surface area contributed by atoms with Gasteiger partial charge in [-0.25, -0.2) is 0 Å². The Morgan fingerprint density at radius 2 is 2.17 bits per heavy atom. The zero-order valence-electron chi connectivity index (χ0n) is 13.5. The van der Waals surface area contributed by atoms with E-state index in [0.29, 0.717) is 21.6 Å². The first-order valence-corrected chi connectivity index (χ1v) is 9.70. The van der Waals surface area contributed by atoms with Crippen LogP contribution in [0.15, 0.2) is 18.2 Å². The number of alkyl halides is 3. The maximum absolute atomic E-state index is 12.9. The summed E-state index contributed by atoms with van der Waals surface area (Å²) in [5.74, 6) is 1.41. The second-order valence-corrected chi connectivity index (χ2v) is 9.12. The Balaban J connectivity index is 1.67. The number of fused-ring (bicyclic) bond motifs is 2. The Hall–Kier alpha value is -1.24. The van der Waals surface area contributed by atoms with Crippen molar-refractivity contribution in [1.82, 2.24) is 14.5 Å². The molecule has 1 aliphatic heterocycles. The predicted octanol–water partition coefficient (Wildman–Crippen LogP) is 2.00. The van der Waals surface area contributed by atoms with Crippen LogP contribution >= 0.6 is 0 Å². The average molecular weight is 403 g/mol. The molecule has 3 heterocycles. The van der Waals surface area contributed by atoms with E-state index in [-0.39, 0.29) is 5.54 Å². The Labute approximate surface area is 144 Å². The van der Waals surface area contributed by atoms with E-state index in [4.69, 9.17) is 0 Å². The topological polar surface area (TPSA) is 32.6 Å². The summed E-state index contributed by atoms with van der Waals surface area (Å²) < 4.78 is 40.6. The summed E-state index contributed by atoms with van der Waals surface area (Å²) >= 11 is -1.58. The molecule has 1 saturated heterocycles. The molecule has 2 aromatic heterocycles. The van der Waals surface area contributed by atoms with Crippen molar-refractivity contribution in [3.8, 4) is 0 Å². The summed E-state index contributed by atoms with van der Waals surface area (Å²) in [6, 6.07) is 5.45. The van der Waals surface area contributed by atoms with Gasteiger partial charge in [0.2, 0.25) is 0 Å². The van der Waals surface area contributed by atoms with E-state index in [1.807, 2.05) is 12.1 Å². The van der Waals surface area contributed by atoms with E-state index in [0.717, 1.165) is 31.7 Å². The molecular formula is C16H19F3N4Se. The summed E-state index contributed by atoms with van der Waals surface area (Å²) in [5.41, 5.74) is 1.13. The molecule has 2 unspecified atom stereocenters. The van der Waals surface area contributed by atoms with Crippen molar-refractivity contribution < 1.29 is 13.2 Å². The van der Waals surface area contributed by atoms with Gasteiger partial charge in [-0.2, -0.15) is 0 Å². The predicted molar refractivity (Wildman–Crippen MR) is 87.9 cm³/mol. The maximum atomic E-state index is 12.9. The Morgan fingerprint density at radius 1 is 1.38 bits per heavy atom. The van der Waals surface area contributed by atoms with E-state index >= 15 is 0 Å². The van der Waals surface area contributed by atoms with Crippen LogP contribution in [0, 0.1) is 12.8 Å². The van der Waals surface area contributed by atoms with E-state index in [9.17, 15) is 13.2 Å². The molecule has 2 aliphatic rings. The van der Waals surface area contributed by atoms with Crippen LogP contribution in [-0.2, 0) is 0 Å². The molecule has 1 aliphatic carbocycles. The molecule has 0 aromatic carbocycles. The number of pyridine rings is 1. The van der Waals surface area contributed by atoms with Gasteiger partial charge in [0.15, 0.2) is 0 Å². The number of likely N-dealkylation sites (tertiary alicyclic amines) is 1. The van der Waals surface area contributed by atoms with E-state index in [1.165, 1.54) is 0 Å². The van der Waals surface area contributed by atoms with E-state index < -0.39 is 20.0 Å². The summed E-state index contributed by atoms with van der Waals surface area (Å²) in [6.45, 7) is 3.77. The van der Waals surface area contributed by atoms with Crippen LogP contribution in [0.5, 0.6) is 0 Å². The summed E-state index contributed by atoms with van der Waals surface area (Å²) in [7, 11) is 2.13. The van der Waals surface area contributed by atoms with Gasteiger partial charge in [-0.15, -0.1) is 0 Å². The summed E-state index contributed by atoms with van der Waals surface area (Å²) in [6.07, 6.45) is 2.18. The summed E-state index contributed by atoms with van der Waals surface area (Å²) in [4.78, 5) is 2.33. The van der Waals surface area contributed by atoms with Crippen molar-refractivity contribution in [1.29, 1.82) is 0 Å². The molecule has 2 fully saturated rings. The van der Waals surface area contributed by atoms with E-state index in [2.05, 4.69) is 22.4 Å². The van der Waals surface area contributed by atoms with Gasteiger partial charge in [0.25, 0.3) is 0 Å². The van der Waals surface area contributed by atoms with Crippen molar-refractivity contribution in [3.63, 3.8) is 0 Å². The van der Waals surface area contributed by atoms with Crippen LogP contribution in [0.25, 0.3) is 5.52 Å². The van der Waals surface area contributed by atoms with Crippen LogP contribution in [0.1, 0.15) is 18.5 Å². The minimum absolute atomic E-state index is 0.0932. The molecule has 8 heteroatoms. The van der Waals surface area contributed by atoms with Gasteiger partial charge < -0.3 is 0 Å². The molecule has 4 rings (SSSR count). The zero-order valence-corrected chi connectivity index (χ0v) is 15.2. The first-order chi connectivity index (χ1) is 11.3. The number of nitrogens with zero attached hydrogens (tertiary/aromatic N) is 3. The molecule has 0 radical (unpaired) electrons. The molecule has 0 spiro atoms. The van der Waals surface area contributed by atoms with Gasteiger partial charge >= 0.3 is 144 Å². The van der Waals surface area contributed by atoms with Crippen LogP contribution in [0.4, 0.5) is 19.0 Å². The van der Waals surface area contributed by atoms with Gasteiger partial charge in [-0.3, -0.25) is 0 Å². The monoisotopic (exact) mass is 404 g/mol. The number of aromatic nitrogens is 2. The molecule has 4 nitrogen and oxygen atoms in total. The van der Waals surface area contributed by atoms with Crippen LogP contribution in [0.2, 0.25) is 0 Å². The van der Waals surface area contributed by atoms with Gasteiger partial charge in [0.05, 0.1) is 0 Å². The second kappa shape index (κ2) is 5.38. The fraction of sp³-hybridized carbons (Fsp3) is 0.562. The first-order valence-electron chi connectivity index (χ1n) is 7.98. The van der Waals surface area contributed by atoms with Crippen molar-refractivity contribution in [3.05, 3.63) is 23.9 Å². The van der Waals surface area contributed by atoms with Crippen molar-refractivity contribution in [2.75, 3.05) is 25.5 Å². The fourth-order valence-electron chi connectivity index (χ4n) is 3.75. The van der Waals surface area contributed by atoms with Gasteiger partial charge in [-0.1, -0.05) is 0 Å². The average Bonchev–Trinajstić information content (AvgIpc) is 3.09. The molecule has 24 heavy (non-hydrogen) atoms. The van der Waals surface area contributed by atoms with Gasteiger partial charge in [0.1, 0.15) is 0 Å². The SMILES string of the molecule is Cc1nn2c(NC34CCN(C)CC3C4)cccc2c1[Se]C(F)(F)F. The number of nitrogens with one attached hydrogen (secondary N) is 1. The first kappa shape index (κ1) is 16.2. The fourth-order valence-corrected chi connectivity index (χ4v) is 5.18. The normalized spacial score (nSPS) is 27.3. The molecule has 2 atom stereocenters. The number of anilines is 1. The van der Waals surface area contributed by atoms with Gasteiger partial charge in [-0.05, 0) is 0 Å². The number of piperidine rings is 1. The Bertz CT molecular complexity index is 787. The minimum atomic E-state index is -4.17. The second-order valence-electron chi connectivity index (χ2n) is 6.86. The third-order valence-electron chi connectivity index (χ3n) is 5.07. The van der Waals surface area contributed by atoms with Crippen LogP contribution < -0.4 is 9.78 Å². The van der Waals surface area contributed by atoms with Crippen LogP contribution in [-0.4, -0.2) is 60.2 Å². The Kier molecular flexibility index (Phi) is 3.64. The van der Waals surface area contributed by atoms with Gasteiger partial charge in [0, 0.05) is 0 Å². The molecule has 0 bridgehead atoms. The third-order valence-corrected chi connectivity index (χ3v) is 7.05. The van der Waals surface area contributed by atoms with Crippen molar-refractivity contribution in [2.45, 2.75) is 30.4 Å². The number of rotatable bonds is 3. The molecule has 130 valence electrons. The zero-order chi connectivity index (χ0) is 17.1. The molecule has 2 aromatic rings. The number of aryl methyl sites for hydroxylation is 1. The van der Waals surface area contributed by atoms with Crippen molar-refractivity contribution in [2.24, 2.45) is 5.92 Å². The number of halogens is 3. The quantitative estimate of drug-likeness (QED) is 0.796. The van der Waals surface area contributed by atoms with E-state index in [1.54, 1.807) is 17.5 Å². The number of hydrogen-bond donors (Lipinski definition) is 1.